The highest BCUT2D eigenvalue weighted by molar-refractivity contribution is 6.16. The first-order valence-electron chi connectivity index (χ1n) is 13.0. The number of nitrogens with zero attached hydrogens (tertiary/aromatic N) is 1. The standard InChI is InChI=1S/C28H38N2O8/c1-7-11-27(3,4)29-26(37)18-23(34)20(30(5)6)19-22(33)15-12(2)13-9-8-10-14(31)16(13)21(32)17(15)24(35)28(19,38)25(18)36/h8-10,12,15,18-20,22-23,31,33-35,38H,7,11H2,1-6H3,(H,29,37)/t12-,15+,18?,19+,20-,22-,23?,28-/m0/s1. The Balaban J connectivity index is 1.92. The number of nitrogens with one attached hydrogen (secondary N) is 1. The summed E-state index contributed by atoms with van der Waals surface area (Å²) in [7, 11) is 3.15. The van der Waals surface area contributed by atoms with Crippen LogP contribution in [0.15, 0.2) is 29.5 Å². The predicted octanol–water partition coefficient (Wildman–Crippen LogP) is 1.03. The summed E-state index contributed by atoms with van der Waals surface area (Å²) in [6.45, 7) is 7.20. The van der Waals surface area contributed by atoms with Crippen LogP contribution in [0.5, 0.6) is 5.75 Å². The van der Waals surface area contributed by atoms with Gasteiger partial charge in [-0.1, -0.05) is 32.4 Å². The van der Waals surface area contributed by atoms with Gasteiger partial charge in [0.25, 0.3) is 0 Å². The number of aliphatic hydroxyl groups excluding tert-OH is 3. The van der Waals surface area contributed by atoms with Gasteiger partial charge < -0.3 is 35.7 Å². The Kier molecular flexibility index (Phi) is 7.01. The lowest BCUT2D eigenvalue weighted by Crippen LogP contribution is -2.74. The maximum atomic E-state index is 13.9. The molecule has 0 saturated heterocycles. The summed E-state index contributed by atoms with van der Waals surface area (Å²) in [5.41, 5.74) is -3.53. The quantitative estimate of drug-likeness (QED) is 0.305. The number of aromatic hydroxyl groups is 1. The summed E-state index contributed by atoms with van der Waals surface area (Å²) in [4.78, 5) is 42.4. The van der Waals surface area contributed by atoms with Gasteiger partial charge in [0.2, 0.25) is 5.91 Å². The van der Waals surface area contributed by atoms with Gasteiger partial charge in [-0.25, -0.2) is 0 Å². The largest absolute Gasteiger partial charge is 0.508 e. The molecule has 2 unspecified atom stereocenters. The molecule has 0 bridgehead atoms. The minimum Gasteiger partial charge on any atom is -0.508 e. The number of amides is 1. The van der Waals surface area contributed by atoms with Crippen LogP contribution in [0.3, 0.4) is 0 Å². The lowest BCUT2D eigenvalue weighted by molar-refractivity contribution is -0.195. The maximum absolute atomic E-state index is 13.9. The number of hydrogen-bond acceptors (Lipinski definition) is 9. The van der Waals surface area contributed by atoms with E-state index in [1.165, 1.54) is 11.0 Å². The number of rotatable bonds is 5. The molecule has 0 aromatic heterocycles. The van der Waals surface area contributed by atoms with E-state index in [-0.39, 0.29) is 16.9 Å². The Hall–Kier alpha value is -2.79. The third kappa shape index (κ3) is 3.88. The first-order valence-corrected chi connectivity index (χ1v) is 13.0. The van der Waals surface area contributed by atoms with Gasteiger partial charge in [0.1, 0.15) is 17.4 Å². The van der Waals surface area contributed by atoms with Crippen molar-refractivity contribution in [2.75, 3.05) is 14.1 Å². The van der Waals surface area contributed by atoms with E-state index in [4.69, 9.17) is 0 Å². The first kappa shape index (κ1) is 28.2. The number of likely N-dealkylation sites (N-methyl/N-ethyl adjacent to an activating group) is 1. The van der Waals surface area contributed by atoms with Crippen LogP contribution in [0.25, 0.3) is 0 Å². The van der Waals surface area contributed by atoms with Crippen molar-refractivity contribution in [2.45, 2.75) is 75.8 Å². The van der Waals surface area contributed by atoms with Crippen molar-refractivity contribution >= 4 is 17.5 Å². The third-order valence-corrected chi connectivity index (χ3v) is 8.68. The summed E-state index contributed by atoms with van der Waals surface area (Å²) < 4.78 is 0. The molecule has 3 aliphatic carbocycles. The van der Waals surface area contributed by atoms with Gasteiger partial charge in [0.15, 0.2) is 17.2 Å². The molecular formula is C28H38N2O8. The molecule has 0 spiro atoms. The molecule has 10 heteroatoms. The fourth-order valence-electron chi connectivity index (χ4n) is 7.01. The first-order chi connectivity index (χ1) is 17.6. The molecule has 1 aromatic rings. The number of Topliss-reactive ketones (excluding diaryl/α,β-unsaturated/α-hetero) is 2. The van der Waals surface area contributed by atoms with Crippen LogP contribution in [-0.2, 0) is 9.59 Å². The van der Waals surface area contributed by atoms with Gasteiger partial charge in [-0.2, -0.15) is 0 Å². The number of phenolic OH excluding ortho intramolecular Hbond substituents is 1. The summed E-state index contributed by atoms with van der Waals surface area (Å²) in [5, 5.41) is 59.8. The molecule has 3 aliphatic rings. The van der Waals surface area contributed by atoms with Crippen LogP contribution in [0.4, 0.5) is 0 Å². The van der Waals surface area contributed by atoms with Crippen molar-refractivity contribution in [3.8, 4) is 5.75 Å². The van der Waals surface area contributed by atoms with Crippen LogP contribution in [0, 0.1) is 17.8 Å². The van der Waals surface area contributed by atoms with Gasteiger partial charge in [-0.15, -0.1) is 0 Å². The highest BCUT2D eigenvalue weighted by Crippen LogP contribution is 2.55. The van der Waals surface area contributed by atoms with Crippen molar-refractivity contribution in [1.29, 1.82) is 0 Å². The van der Waals surface area contributed by atoms with E-state index in [0.717, 1.165) is 6.42 Å². The lowest BCUT2D eigenvalue weighted by atomic mass is 9.53. The van der Waals surface area contributed by atoms with Crippen molar-refractivity contribution in [3.05, 3.63) is 40.7 Å². The van der Waals surface area contributed by atoms with Crippen LogP contribution in [0.2, 0.25) is 0 Å². The molecule has 38 heavy (non-hydrogen) atoms. The fourth-order valence-corrected chi connectivity index (χ4v) is 7.01. The second-order valence-electron chi connectivity index (χ2n) is 11.8. The van der Waals surface area contributed by atoms with E-state index >= 15 is 0 Å². The molecule has 1 aromatic carbocycles. The van der Waals surface area contributed by atoms with Gasteiger partial charge >= 0.3 is 0 Å². The number of carbonyl (C=O) groups is 3. The molecular weight excluding hydrogens is 492 g/mol. The molecule has 1 amide bonds. The Morgan fingerprint density at radius 1 is 1.13 bits per heavy atom. The second kappa shape index (κ2) is 9.44. The highest BCUT2D eigenvalue weighted by atomic mass is 16.4. The number of phenols is 1. The molecule has 6 N–H and O–H groups in total. The minimum atomic E-state index is -2.83. The zero-order valence-corrected chi connectivity index (χ0v) is 22.6. The normalized spacial score (nSPS) is 35.1. The second-order valence-corrected chi connectivity index (χ2v) is 11.8. The number of benzene rings is 1. The molecule has 0 aliphatic heterocycles. The zero-order valence-electron chi connectivity index (χ0n) is 22.6. The smallest absolute Gasteiger partial charge is 0.233 e. The van der Waals surface area contributed by atoms with Gasteiger partial charge in [0, 0.05) is 29.0 Å². The predicted molar refractivity (Wildman–Crippen MR) is 138 cm³/mol. The van der Waals surface area contributed by atoms with Crippen molar-refractivity contribution in [3.63, 3.8) is 0 Å². The van der Waals surface area contributed by atoms with E-state index in [2.05, 4.69) is 5.32 Å². The number of carbonyl (C=O) groups excluding carboxylic acids is 3. The van der Waals surface area contributed by atoms with E-state index in [1.807, 2.05) is 6.92 Å². The third-order valence-electron chi connectivity index (χ3n) is 8.68. The van der Waals surface area contributed by atoms with E-state index in [1.54, 1.807) is 47.0 Å². The monoisotopic (exact) mass is 530 g/mol. The van der Waals surface area contributed by atoms with Crippen LogP contribution < -0.4 is 5.32 Å². The van der Waals surface area contributed by atoms with Crippen LogP contribution in [-0.4, -0.2) is 91.4 Å². The Labute approximate surface area is 222 Å². The van der Waals surface area contributed by atoms with Crippen molar-refractivity contribution in [1.82, 2.24) is 10.2 Å². The number of ketones is 2. The Morgan fingerprint density at radius 2 is 1.76 bits per heavy atom. The average Bonchev–Trinajstić information content (AvgIpc) is 2.80. The minimum absolute atomic E-state index is 0.0740. The van der Waals surface area contributed by atoms with E-state index < -0.39 is 76.3 Å². The Bertz CT molecular complexity index is 1210. The summed E-state index contributed by atoms with van der Waals surface area (Å²) >= 11 is 0. The van der Waals surface area contributed by atoms with E-state index in [9.17, 15) is 39.9 Å². The maximum Gasteiger partial charge on any atom is 0.233 e. The zero-order chi connectivity index (χ0) is 28.5. The van der Waals surface area contributed by atoms with Gasteiger partial charge in [-0.3, -0.25) is 14.4 Å². The van der Waals surface area contributed by atoms with Gasteiger partial charge in [0.05, 0.1) is 17.8 Å². The molecule has 1 saturated carbocycles. The summed E-state index contributed by atoms with van der Waals surface area (Å²) in [6.07, 6.45) is -1.83. The Morgan fingerprint density at radius 3 is 2.34 bits per heavy atom. The molecule has 10 nitrogen and oxygen atoms in total. The van der Waals surface area contributed by atoms with Crippen LogP contribution in [0.1, 0.15) is 62.4 Å². The molecule has 0 heterocycles. The molecule has 208 valence electrons. The molecule has 1 fully saturated rings. The molecule has 4 rings (SSSR count). The molecule has 0 radical (unpaired) electrons. The van der Waals surface area contributed by atoms with Crippen molar-refractivity contribution < 1.29 is 39.9 Å². The number of fused-ring (bicyclic) bond motifs is 3. The fraction of sp³-hybridized carbons (Fsp3) is 0.607. The van der Waals surface area contributed by atoms with Crippen molar-refractivity contribution in [2.24, 2.45) is 17.8 Å². The molecule has 8 atom stereocenters. The number of hydrogen-bond donors (Lipinski definition) is 6. The average molecular weight is 531 g/mol. The van der Waals surface area contributed by atoms with Gasteiger partial charge in [-0.05, 0) is 51.9 Å². The van der Waals surface area contributed by atoms with E-state index in [0.29, 0.717) is 12.0 Å². The highest BCUT2D eigenvalue weighted by Gasteiger charge is 2.69. The van der Waals surface area contributed by atoms with Crippen LogP contribution >= 0.6 is 0 Å². The summed E-state index contributed by atoms with van der Waals surface area (Å²) in [6, 6.07) is 3.40. The topological polar surface area (TPSA) is 168 Å². The number of aliphatic hydroxyl groups is 4. The summed E-state index contributed by atoms with van der Waals surface area (Å²) in [5.74, 6) is -8.93. The lowest BCUT2D eigenvalue weighted by Gasteiger charge is -2.56. The SMILES string of the molecule is CCCC(C)(C)NC(=O)C1C(=O)[C@@]2(O)C(O)=C3C(=O)c4c(O)cccc4[C@H](C)[C@H]3[C@H](O)[C@H]2[C@H](N(C)C)C1O.